The van der Waals surface area contributed by atoms with E-state index in [1.807, 2.05) is 26.1 Å². The first-order chi connectivity index (χ1) is 30.6. The highest BCUT2D eigenvalue weighted by atomic mass is 16.5. The number of nitrogens with one attached hydrogen (secondary N) is 2. The van der Waals surface area contributed by atoms with Gasteiger partial charge in [-0.15, -0.1) is 0 Å². The van der Waals surface area contributed by atoms with Crippen molar-refractivity contribution in [2.24, 2.45) is 21.8 Å². The molecular weight excluding hydrogens is 801 g/mol. The Kier molecular flexibility index (Phi) is 11.6. The normalized spacial score (nSPS) is 18.9. The molecule has 2 N–H and O–H groups in total. The van der Waals surface area contributed by atoms with Crippen molar-refractivity contribution in [3.8, 4) is 22.4 Å². The molecule has 324 valence electrons. The largest absolute Gasteiger partial charge is 0.451 e. The van der Waals surface area contributed by atoms with E-state index in [-0.39, 0.29) is 47.2 Å². The zero-order chi connectivity index (χ0) is 43.8. The monoisotopic (exact) mass is 850 g/mol. The number of carbonyl (C=O) groups excluding carboxylic acids is 4. The van der Waals surface area contributed by atoms with Crippen molar-refractivity contribution in [1.82, 2.24) is 29.7 Å². The van der Waals surface area contributed by atoms with Gasteiger partial charge in [-0.05, 0) is 90.1 Å². The summed E-state index contributed by atoms with van der Waals surface area (Å²) in [7, 11) is 2.52. The van der Waals surface area contributed by atoms with Gasteiger partial charge in [-0.1, -0.05) is 56.3 Å². The van der Waals surface area contributed by atoms with Crippen LogP contribution in [-0.2, 0) is 23.8 Å². The molecule has 3 aliphatic heterocycles. The number of hydrogen-bond acceptors (Lipinski definition) is 9. The van der Waals surface area contributed by atoms with E-state index in [0.29, 0.717) is 50.8 Å². The summed E-state index contributed by atoms with van der Waals surface area (Å²) < 4.78 is 15.0. The lowest BCUT2D eigenvalue weighted by molar-refractivity contribution is -0.126. The number of hydrogen-bond donors (Lipinski definition) is 2. The average molecular weight is 851 g/mol. The van der Waals surface area contributed by atoms with Gasteiger partial charge in [0, 0.05) is 49.1 Å². The maximum atomic E-state index is 14.0. The predicted octanol–water partition coefficient (Wildman–Crippen LogP) is 8.75. The number of fused-ring (bicyclic) bond motifs is 4. The van der Waals surface area contributed by atoms with Crippen molar-refractivity contribution < 1.29 is 33.4 Å². The summed E-state index contributed by atoms with van der Waals surface area (Å²) in [6.45, 7) is 5.81. The minimum Gasteiger partial charge on any atom is -0.451 e. The number of benzene rings is 4. The van der Waals surface area contributed by atoms with Crippen LogP contribution in [0.3, 0.4) is 0 Å². The van der Waals surface area contributed by atoms with Crippen molar-refractivity contribution in [2.75, 3.05) is 40.5 Å². The van der Waals surface area contributed by atoms with Gasteiger partial charge in [0.05, 0.1) is 49.2 Å². The number of amides is 4. The van der Waals surface area contributed by atoms with Gasteiger partial charge in [0.2, 0.25) is 0 Å². The SMILES string of the molecule is COC(=O)N=C(C(=O)N1CCC[C@H]1c1nc2c(ccc3cc(-c4ccc5cc(-c6cnc([C@@H]7CCCN7C(=O)C(=NC(=O)OC)C7CCOCC7)[nH]6)ccc5c4)ccc32)[nH]1)C(C)C. The molecule has 4 aromatic carbocycles. The summed E-state index contributed by atoms with van der Waals surface area (Å²) in [5.41, 5.74) is 6.14. The van der Waals surface area contributed by atoms with Crippen molar-refractivity contribution in [2.45, 2.75) is 64.5 Å². The fourth-order valence-corrected chi connectivity index (χ4v) is 9.28. The van der Waals surface area contributed by atoms with E-state index in [1.165, 1.54) is 14.2 Å². The van der Waals surface area contributed by atoms with Gasteiger partial charge in [-0.2, -0.15) is 9.98 Å². The lowest BCUT2D eigenvalue weighted by atomic mass is 9.93. The molecule has 0 bridgehead atoms. The smallest absolute Gasteiger partial charge is 0.433 e. The highest BCUT2D eigenvalue weighted by Crippen LogP contribution is 2.37. The molecule has 0 aliphatic carbocycles. The van der Waals surface area contributed by atoms with Crippen molar-refractivity contribution in [3.63, 3.8) is 0 Å². The lowest BCUT2D eigenvalue weighted by Gasteiger charge is -2.28. The number of aromatic nitrogens is 4. The lowest BCUT2D eigenvalue weighted by Crippen LogP contribution is -2.41. The Balaban J connectivity index is 0.928. The van der Waals surface area contributed by atoms with Crippen molar-refractivity contribution in [3.05, 3.63) is 84.6 Å². The van der Waals surface area contributed by atoms with Crippen LogP contribution in [-0.4, -0.2) is 106 Å². The van der Waals surface area contributed by atoms with Crippen LogP contribution in [0.2, 0.25) is 0 Å². The van der Waals surface area contributed by atoms with Gasteiger partial charge in [0.1, 0.15) is 23.1 Å². The molecule has 3 aliphatic rings. The molecule has 15 heteroatoms. The van der Waals surface area contributed by atoms with E-state index in [2.05, 4.69) is 80.6 Å². The number of aromatic amines is 2. The first-order valence-corrected chi connectivity index (χ1v) is 21.6. The first-order valence-electron chi connectivity index (χ1n) is 21.6. The molecule has 6 aromatic rings. The predicted molar refractivity (Wildman–Crippen MR) is 240 cm³/mol. The van der Waals surface area contributed by atoms with Crippen LogP contribution in [0.25, 0.3) is 55.0 Å². The molecule has 3 saturated heterocycles. The van der Waals surface area contributed by atoms with Crippen LogP contribution in [0.5, 0.6) is 0 Å². The number of aliphatic imine (C=N–C) groups is 2. The van der Waals surface area contributed by atoms with Crippen LogP contribution >= 0.6 is 0 Å². The Labute approximate surface area is 363 Å². The Morgan fingerprint density at radius 1 is 0.714 bits per heavy atom. The molecule has 5 heterocycles. The van der Waals surface area contributed by atoms with Gasteiger partial charge in [0.25, 0.3) is 11.8 Å². The van der Waals surface area contributed by atoms with Crippen LogP contribution in [0.4, 0.5) is 9.59 Å². The third kappa shape index (κ3) is 8.20. The third-order valence-electron chi connectivity index (χ3n) is 12.6. The van der Waals surface area contributed by atoms with Gasteiger partial charge in [0.15, 0.2) is 0 Å². The van der Waals surface area contributed by atoms with Crippen molar-refractivity contribution in [1.29, 1.82) is 0 Å². The number of rotatable bonds is 8. The second-order valence-electron chi connectivity index (χ2n) is 16.8. The first kappa shape index (κ1) is 41.6. The van der Waals surface area contributed by atoms with Gasteiger partial charge < -0.3 is 34.0 Å². The molecule has 2 aromatic heterocycles. The number of likely N-dealkylation sites (tertiary alicyclic amines) is 2. The number of methoxy groups -OCH3 is 2. The van der Waals surface area contributed by atoms with Gasteiger partial charge >= 0.3 is 12.2 Å². The zero-order valence-corrected chi connectivity index (χ0v) is 35.8. The maximum absolute atomic E-state index is 14.0. The van der Waals surface area contributed by atoms with E-state index < -0.39 is 12.2 Å². The standard InChI is InChI=1S/C48H50N8O7/c1-27(2)40(53-47(59)61-3)45(57)56-20-6-8-39(56)44-50-36-16-14-33-24-32(13-15-35(33)42(36)52-44)29-9-10-31-25-34(12-11-30(31)23-29)37-26-49-43(51-37)38-7-5-19-55(38)46(58)41(54-48(60)62-4)28-17-21-63-22-18-28/h9-16,23-28,38-39H,5-8,17-22H2,1-4H3,(H,49,51)(H,50,52)/t38-,39-/m0/s1. The molecular formula is C48H50N8O7. The Morgan fingerprint density at radius 3 is 2.02 bits per heavy atom. The molecule has 63 heavy (non-hydrogen) atoms. The van der Waals surface area contributed by atoms with E-state index in [9.17, 15) is 19.2 Å². The molecule has 0 spiro atoms. The number of ether oxygens (including phenoxy) is 3. The minimum atomic E-state index is -0.786. The second kappa shape index (κ2) is 17.6. The molecule has 0 unspecified atom stereocenters. The second-order valence-corrected chi connectivity index (χ2v) is 16.8. The summed E-state index contributed by atoms with van der Waals surface area (Å²) in [5.74, 6) is 0.466. The van der Waals surface area contributed by atoms with E-state index >= 15 is 0 Å². The topological polar surface area (TPSA) is 185 Å². The van der Waals surface area contributed by atoms with E-state index in [4.69, 9.17) is 24.2 Å². The highest BCUT2D eigenvalue weighted by molar-refractivity contribution is 6.41. The van der Waals surface area contributed by atoms with Crippen LogP contribution in [0.1, 0.15) is 76.1 Å². The summed E-state index contributed by atoms with van der Waals surface area (Å²) in [6.07, 6.45) is 4.63. The number of imidazole rings is 2. The molecule has 2 atom stereocenters. The maximum Gasteiger partial charge on any atom is 0.433 e. The molecule has 15 nitrogen and oxygen atoms in total. The summed E-state index contributed by atoms with van der Waals surface area (Å²) >= 11 is 0. The molecule has 0 radical (unpaired) electrons. The highest BCUT2D eigenvalue weighted by Gasteiger charge is 2.38. The number of carbonyl (C=O) groups is 4. The Morgan fingerprint density at radius 2 is 1.32 bits per heavy atom. The number of H-pyrrole nitrogens is 2. The fourth-order valence-electron chi connectivity index (χ4n) is 9.28. The molecule has 4 amide bonds. The van der Waals surface area contributed by atoms with E-state index in [0.717, 1.165) is 80.6 Å². The summed E-state index contributed by atoms with van der Waals surface area (Å²) in [5, 5.41) is 4.23. The summed E-state index contributed by atoms with van der Waals surface area (Å²) in [6, 6.07) is 22.8. The quantitative estimate of drug-likeness (QED) is 0.141. The van der Waals surface area contributed by atoms with Crippen LogP contribution in [0, 0.1) is 11.8 Å². The Hall–Kier alpha value is -6.74. The molecule has 0 saturated carbocycles. The van der Waals surface area contributed by atoms with Gasteiger partial charge in [-0.25, -0.2) is 19.6 Å². The van der Waals surface area contributed by atoms with Crippen LogP contribution < -0.4 is 0 Å². The number of nitrogens with zero attached hydrogens (tertiary/aromatic N) is 6. The van der Waals surface area contributed by atoms with Gasteiger partial charge in [-0.3, -0.25) is 9.59 Å². The van der Waals surface area contributed by atoms with Crippen LogP contribution in [0.15, 0.2) is 82.9 Å². The fraction of sp³-hybridized carbons (Fsp3) is 0.375. The summed E-state index contributed by atoms with van der Waals surface area (Å²) in [4.78, 5) is 80.2. The van der Waals surface area contributed by atoms with Crippen molar-refractivity contribution >= 4 is 68.0 Å². The molecule has 3 fully saturated rings. The average Bonchev–Trinajstić information content (AvgIpc) is 4.16. The molecule has 9 rings (SSSR count). The third-order valence-corrected chi connectivity index (χ3v) is 12.6. The Bertz CT molecular complexity index is 2820. The minimum absolute atomic E-state index is 0.170. The zero-order valence-electron chi connectivity index (χ0n) is 35.8. The van der Waals surface area contributed by atoms with E-state index in [1.54, 1.807) is 9.80 Å².